The molecule has 0 radical (unpaired) electrons. The van der Waals surface area contributed by atoms with Crippen molar-refractivity contribution in [2.45, 2.75) is 20.3 Å². The Morgan fingerprint density at radius 2 is 2.11 bits per heavy atom. The standard InChI is InChI=1S/C12H14Cl2N2O3/c1-3-12(2,11(18)19)6-16-10(17)7-4-8(13)9(14)15-5-7/h4-5H,3,6H2,1-2H3,(H,16,17)(H,18,19). The van der Waals surface area contributed by atoms with Crippen molar-refractivity contribution in [3.63, 3.8) is 0 Å². The van der Waals surface area contributed by atoms with Crippen LogP contribution in [0.4, 0.5) is 0 Å². The molecule has 5 nitrogen and oxygen atoms in total. The van der Waals surface area contributed by atoms with Gasteiger partial charge in [-0.2, -0.15) is 0 Å². The van der Waals surface area contributed by atoms with E-state index >= 15 is 0 Å². The minimum absolute atomic E-state index is 0.0257. The van der Waals surface area contributed by atoms with Crippen LogP contribution in [0.2, 0.25) is 10.2 Å². The number of nitrogens with one attached hydrogen (secondary N) is 1. The first-order chi connectivity index (χ1) is 8.80. The van der Waals surface area contributed by atoms with E-state index in [0.29, 0.717) is 6.42 Å². The van der Waals surface area contributed by atoms with Crippen LogP contribution in [0.1, 0.15) is 30.6 Å². The second-order valence-corrected chi connectivity index (χ2v) is 5.16. The molecular formula is C12H14Cl2N2O3. The van der Waals surface area contributed by atoms with Gasteiger partial charge in [-0.25, -0.2) is 4.98 Å². The molecule has 0 bridgehead atoms. The second-order valence-electron chi connectivity index (χ2n) is 4.40. The number of carboxylic acids is 1. The molecule has 1 unspecified atom stereocenters. The maximum atomic E-state index is 11.8. The zero-order valence-electron chi connectivity index (χ0n) is 10.5. The molecule has 1 rings (SSSR count). The number of hydrogen-bond donors (Lipinski definition) is 2. The summed E-state index contributed by atoms with van der Waals surface area (Å²) in [5, 5.41) is 11.9. The van der Waals surface area contributed by atoms with Crippen molar-refractivity contribution < 1.29 is 14.7 Å². The molecule has 7 heteroatoms. The molecule has 1 atom stereocenters. The van der Waals surface area contributed by atoms with Gasteiger partial charge in [0.1, 0.15) is 5.15 Å². The van der Waals surface area contributed by atoms with Crippen LogP contribution in [0.25, 0.3) is 0 Å². The summed E-state index contributed by atoms with van der Waals surface area (Å²) in [5.74, 6) is -1.39. The van der Waals surface area contributed by atoms with Gasteiger partial charge in [0.25, 0.3) is 5.91 Å². The molecule has 1 amide bonds. The van der Waals surface area contributed by atoms with E-state index in [1.807, 2.05) is 0 Å². The first-order valence-corrected chi connectivity index (χ1v) is 6.38. The van der Waals surface area contributed by atoms with Crippen molar-refractivity contribution in [3.05, 3.63) is 28.0 Å². The van der Waals surface area contributed by atoms with E-state index < -0.39 is 17.3 Å². The number of pyridine rings is 1. The normalized spacial score (nSPS) is 13.7. The molecule has 0 saturated carbocycles. The smallest absolute Gasteiger partial charge is 0.311 e. The summed E-state index contributed by atoms with van der Waals surface area (Å²) in [6.07, 6.45) is 1.69. The third-order valence-corrected chi connectivity index (χ3v) is 3.68. The van der Waals surface area contributed by atoms with Gasteiger partial charge < -0.3 is 10.4 Å². The van der Waals surface area contributed by atoms with E-state index in [4.69, 9.17) is 28.3 Å². The summed E-state index contributed by atoms with van der Waals surface area (Å²) in [6.45, 7) is 3.35. The molecule has 0 fully saturated rings. The number of carbonyl (C=O) groups excluding carboxylic acids is 1. The van der Waals surface area contributed by atoms with Crippen LogP contribution < -0.4 is 5.32 Å². The largest absolute Gasteiger partial charge is 0.481 e. The van der Waals surface area contributed by atoms with Crippen LogP contribution in [0.3, 0.4) is 0 Å². The van der Waals surface area contributed by atoms with Gasteiger partial charge in [-0.1, -0.05) is 30.1 Å². The van der Waals surface area contributed by atoms with E-state index in [1.54, 1.807) is 13.8 Å². The molecule has 0 spiro atoms. The van der Waals surface area contributed by atoms with Gasteiger partial charge in [0.15, 0.2) is 0 Å². The first kappa shape index (κ1) is 15.7. The predicted octanol–water partition coefficient (Wildman–Crippen LogP) is 2.62. The Hall–Kier alpha value is -1.33. The van der Waals surface area contributed by atoms with Crippen LogP contribution in [0, 0.1) is 5.41 Å². The van der Waals surface area contributed by atoms with Crippen molar-refractivity contribution in [1.82, 2.24) is 10.3 Å². The maximum absolute atomic E-state index is 11.8. The summed E-state index contributed by atoms with van der Waals surface area (Å²) in [6, 6.07) is 1.39. The number of hydrogen-bond acceptors (Lipinski definition) is 3. The fourth-order valence-corrected chi connectivity index (χ4v) is 1.54. The van der Waals surface area contributed by atoms with Crippen LogP contribution in [-0.2, 0) is 4.79 Å². The van der Waals surface area contributed by atoms with Crippen molar-refractivity contribution in [2.75, 3.05) is 6.54 Å². The van der Waals surface area contributed by atoms with Crippen molar-refractivity contribution >= 4 is 35.1 Å². The SMILES string of the molecule is CCC(C)(CNC(=O)c1cnc(Cl)c(Cl)c1)C(=O)O. The van der Waals surface area contributed by atoms with E-state index in [0.717, 1.165) is 0 Å². The van der Waals surface area contributed by atoms with Crippen LogP contribution in [0.5, 0.6) is 0 Å². The summed E-state index contributed by atoms with van der Waals surface area (Å²) in [4.78, 5) is 26.7. The summed E-state index contributed by atoms with van der Waals surface area (Å²) in [5.41, 5.74) is -0.766. The molecule has 104 valence electrons. The van der Waals surface area contributed by atoms with Gasteiger partial charge in [-0.15, -0.1) is 0 Å². The second kappa shape index (κ2) is 6.21. The third kappa shape index (κ3) is 3.81. The fraction of sp³-hybridized carbons (Fsp3) is 0.417. The van der Waals surface area contributed by atoms with Gasteiger partial charge in [-0.05, 0) is 19.4 Å². The monoisotopic (exact) mass is 304 g/mol. The minimum Gasteiger partial charge on any atom is -0.481 e. The van der Waals surface area contributed by atoms with Crippen LogP contribution >= 0.6 is 23.2 Å². The van der Waals surface area contributed by atoms with E-state index in [-0.39, 0.29) is 22.3 Å². The molecule has 2 N–H and O–H groups in total. The Bertz CT molecular complexity index is 508. The lowest BCUT2D eigenvalue weighted by molar-refractivity contribution is -0.147. The Morgan fingerprint density at radius 1 is 1.47 bits per heavy atom. The summed E-state index contributed by atoms with van der Waals surface area (Å²) in [7, 11) is 0. The van der Waals surface area contributed by atoms with Crippen LogP contribution in [0.15, 0.2) is 12.3 Å². The van der Waals surface area contributed by atoms with E-state index in [9.17, 15) is 9.59 Å². The van der Waals surface area contributed by atoms with Crippen molar-refractivity contribution in [1.29, 1.82) is 0 Å². The third-order valence-electron chi connectivity index (χ3n) is 2.99. The minimum atomic E-state index is -1.00. The van der Waals surface area contributed by atoms with E-state index in [2.05, 4.69) is 10.3 Å². The summed E-state index contributed by atoms with van der Waals surface area (Å²) < 4.78 is 0. The molecule has 1 aromatic rings. The highest BCUT2D eigenvalue weighted by atomic mass is 35.5. The molecule has 1 heterocycles. The quantitative estimate of drug-likeness (QED) is 0.820. The Balaban J connectivity index is 2.75. The van der Waals surface area contributed by atoms with Crippen molar-refractivity contribution in [3.8, 4) is 0 Å². The van der Waals surface area contributed by atoms with Crippen molar-refractivity contribution in [2.24, 2.45) is 5.41 Å². The topological polar surface area (TPSA) is 79.3 Å². The maximum Gasteiger partial charge on any atom is 0.311 e. The van der Waals surface area contributed by atoms with E-state index in [1.165, 1.54) is 12.3 Å². The molecule has 0 aliphatic rings. The zero-order valence-corrected chi connectivity index (χ0v) is 12.0. The first-order valence-electron chi connectivity index (χ1n) is 5.63. The Kier molecular flexibility index (Phi) is 5.14. The Labute approximate surface area is 120 Å². The van der Waals surface area contributed by atoms with Gasteiger partial charge in [0.05, 0.1) is 16.0 Å². The van der Waals surface area contributed by atoms with Gasteiger partial charge in [0, 0.05) is 12.7 Å². The molecule has 19 heavy (non-hydrogen) atoms. The highest BCUT2D eigenvalue weighted by Crippen LogP contribution is 2.21. The number of amides is 1. The van der Waals surface area contributed by atoms with Gasteiger partial charge >= 0.3 is 5.97 Å². The highest BCUT2D eigenvalue weighted by Gasteiger charge is 2.31. The molecule has 0 saturated heterocycles. The number of aliphatic carboxylic acids is 1. The molecule has 0 aliphatic carbocycles. The average molecular weight is 305 g/mol. The average Bonchev–Trinajstić information content (AvgIpc) is 2.38. The lowest BCUT2D eigenvalue weighted by atomic mass is 9.87. The molecular weight excluding hydrogens is 291 g/mol. The van der Waals surface area contributed by atoms with Crippen LogP contribution in [-0.4, -0.2) is 28.5 Å². The van der Waals surface area contributed by atoms with Gasteiger partial charge in [-0.3, -0.25) is 9.59 Å². The lowest BCUT2D eigenvalue weighted by Gasteiger charge is -2.23. The highest BCUT2D eigenvalue weighted by molar-refractivity contribution is 6.41. The number of halogens is 2. The number of rotatable bonds is 5. The molecule has 1 aromatic heterocycles. The fourth-order valence-electron chi connectivity index (χ4n) is 1.27. The number of aromatic nitrogens is 1. The Morgan fingerprint density at radius 3 is 2.58 bits per heavy atom. The number of nitrogens with zero attached hydrogens (tertiary/aromatic N) is 1. The molecule has 0 aliphatic heterocycles. The number of carbonyl (C=O) groups is 2. The van der Waals surface area contributed by atoms with Gasteiger partial charge in [0.2, 0.25) is 0 Å². The zero-order chi connectivity index (χ0) is 14.6. The lowest BCUT2D eigenvalue weighted by Crippen LogP contribution is -2.40. The predicted molar refractivity (Wildman–Crippen MR) is 72.6 cm³/mol. The molecule has 0 aromatic carbocycles. The number of carboxylic acid groups (broad SMARTS) is 1. The summed E-state index contributed by atoms with van der Waals surface area (Å²) >= 11 is 11.4.